The van der Waals surface area contributed by atoms with E-state index in [0.717, 1.165) is 12.1 Å². The number of hydrogen-bond donors (Lipinski definition) is 4. The number of rotatable bonds is 4. The molecular weight excluding hydrogens is 370 g/mol. The molecule has 0 atom stereocenters. The van der Waals surface area contributed by atoms with Gasteiger partial charge in [0.05, 0.1) is 12.1 Å². The molecule has 7 nitrogen and oxygen atoms in total. The van der Waals surface area contributed by atoms with E-state index in [0.29, 0.717) is 6.07 Å². The van der Waals surface area contributed by atoms with E-state index in [1.54, 1.807) is 13.8 Å². The molecule has 1 aromatic carbocycles. The maximum Gasteiger partial charge on any atom is 0.435 e. The number of nitrogens with one attached hydrogen (secondary N) is 3. The second kappa shape index (κ2) is 7.74. The van der Waals surface area contributed by atoms with Crippen molar-refractivity contribution in [3.63, 3.8) is 0 Å². The SMILES string of the molecule is CC(C)(CO)N/C(=N/C(=O)c1ccc(F)cc1)Nc1cc(C(F)(F)F)n[nH]1. The van der Waals surface area contributed by atoms with E-state index in [-0.39, 0.29) is 23.9 Å². The highest BCUT2D eigenvalue weighted by atomic mass is 19.4. The lowest BCUT2D eigenvalue weighted by Crippen LogP contribution is -2.49. The molecule has 2 rings (SSSR count). The van der Waals surface area contributed by atoms with Crippen molar-refractivity contribution in [2.24, 2.45) is 4.99 Å². The van der Waals surface area contributed by atoms with E-state index < -0.39 is 29.1 Å². The first-order valence-corrected chi connectivity index (χ1v) is 7.67. The summed E-state index contributed by atoms with van der Waals surface area (Å²) in [5.41, 5.74) is -2.03. The van der Waals surface area contributed by atoms with E-state index >= 15 is 0 Å². The number of aliphatic imine (C=N–C) groups is 1. The summed E-state index contributed by atoms with van der Waals surface area (Å²) in [7, 11) is 0. The number of guanidine groups is 1. The fraction of sp³-hybridized carbons (Fsp3) is 0.312. The Hall–Kier alpha value is -2.95. The molecule has 0 saturated carbocycles. The molecular formula is C16H17F4N5O2. The number of benzene rings is 1. The first-order valence-electron chi connectivity index (χ1n) is 7.67. The predicted octanol–water partition coefficient (Wildman–Crippen LogP) is 2.54. The molecule has 0 spiro atoms. The molecule has 2 aromatic rings. The monoisotopic (exact) mass is 387 g/mol. The maximum atomic E-state index is 13.0. The van der Waals surface area contributed by atoms with Crippen molar-refractivity contribution in [3.8, 4) is 0 Å². The molecule has 1 heterocycles. The molecule has 1 amide bonds. The predicted molar refractivity (Wildman–Crippen MR) is 89.7 cm³/mol. The minimum atomic E-state index is -4.64. The van der Waals surface area contributed by atoms with Crippen LogP contribution in [0.1, 0.15) is 29.9 Å². The molecule has 0 bridgehead atoms. The molecule has 0 saturated heterocycles. The van der Waals surface area contributed by atoms with Crippen LogP contribution in [-0.2, 0) is 6.18 Å². The lowest BCUT2D eigenvalue weighted by molar-refractivity contribution is -0.141. The van der Waals surface area contributed by atoms with Gasteiger partial charge in [-0.3, -0.25) is 9.89 Å². The average molecular weight is 387 g/mol. The average Bonchev–Trinajstić information content (AvgIpc) is 3.03. The normalized spacial score (nSPS) is 12.8. The summed E-state index contributed by atoms with van der Waals surface area (Å²) in [5, 5.41) is 19.8. The molecule has 27 heavy (non-hydrogen) atoms. The lowest BCUT2D eigenvalue weighted by Gasteiger charge is -2.25. The fourth-order valence-electron chi connectivity index (χ4n) is 1.86. The summed E-state index contributed by atoms with van der Waals surface area (Å²) < 4.78 is 50.9. The van der Waals surface area contributed by atoms with Crippen molar-refractivity contribution in [1.82, 2.24) is 15.5 Å². The topological polar surface area (TPSA) is 102 Å². The van der Waals surface area contributed by atoms with Crippen LogP contribution < -0.4 is 10.6 Å². The van der Waals surface area contributed by atoms with Crippen LogP contribution in [0.3, 0.4) is 0 Å². The van der Waals surface area contributed by atoms with Crippen LogP contribution in [0.15, 0.2) is 35.3 Å². The van der Waals surface area contributed by atoms with Gasteiger partial charge in [0.25, 0.3) is 5.91 Å². The third kappa shape index (κ3) is 5.78. The minimum Gasteiger partial charge on any atom is -0.394 e. The standard InChI is InChI=1S/C16H17F4N5O2/c1-15(2,8-26)23-14(21-12-7-11(24-25-12)16(18,19)20)22-13(27)9-3-5-10(17)6-4-9/h3-7,26H,8H2,1-2H3,(H3,21,22,23,24,25,27). The summed E-state index contributed by atoms with van der Waals surface area (Å²) in [6, 6.07) is 5.28. The van der Waals surface area contributed by atoms with Gasteiger partial charge in [0, 0.05) is 11.6 Å². The van der Waals surface area contributed by atoms with Gasteiger partial charge in [-0.05, 0) is 38.1 Å². The highest BCUT2D eigenvalue weighted by Gasteiger charge is 2.34. The molecule has 0 fully saturated rings. The summed E-state index contributed by atoms with van der Waals surface area (Å²) >= 11 is 0. The molecule has 1 aromatic heterocycles. The number of nitrogens with zero attached hydrogens (tertiary/aromatic N) is 2. The van der Waals surface area contributed by atoms with Crippen molar-refractivity contribution in [1.29, 1.82) is 0 Å². The summed E-state index contributed by atoms with van der Waals surface area (Å²) in [6.45, 7) is 2.82. The van der Waals surface area contributed by atoms with E-state index in [1.165, 1.54) is 12.1 Å². The number of hydrogen-bond acceptors (Lipinski definition) is 3. The van der Waals surface area contributed by atoms with Crippen LogP contribution >= 0.6 is 0 Å². The van der Waals surface area contributed by atoms with Crippen molar-refractivity contribution >= 4 is 17.7 Å². The third-order valence-corrected chi connectivity index (χ3v) is 3.28. The van der Waals surface area contributed by atoms with Gasteiger partial charge in [-0.15, -0.1) is 0 Å². The Morgan fingerprint density at radius 2 is 1.89 bits per heavy atom. The zero-order valence-electron chi connectivity index (χ0n) is 14.4. The van der Waals surface area contributed by atoms with Gasteiger partial charge >= 0.3 is 6.18 Å². The Kier molecular flexibility index (Phi) is 5.84. The Balaban J connectivity index is 2.29. The fourth-order valence-corrected chi connectivity index (χ4v) is 1.86. The van der Waals surface area contributed by atoms with E-state index in [2.05, 4.69) is 25.8 Å². The van der Waals surface area contributed by atoms with E-state index in [4.69, 9.17) is 0 Å². The van der Waals surface area contributed by atoms with E-state index in [1.807, 2.05) is 0 Å². The number of alkyl halides is 3. The van der Waals surface area contributed by atoms with Gasteiger partial charge in [-0.25, -0.2) is 4.39 Å². The Morgan fingerprint density at radius 1 is 1.26 bits per heavy atom. The zero-order valence-corrected chi connectivity index (χ0v) is 14.4. The zero-order chi connectivity index (χ0) is 20.2. The number of carbonyl (C=O) groups excluding carboxylic acids is 1. The molecule has 146 valence electrons. The number of aliphatic hydroxyl groups excluding tert-OH is 1. The number of amides is 1. The van der Waals surface area contributed by atoms with Gasteiger partial charge in [-0.1, -0.05) is 0 Å². The molecule has 0 radical (unpaired) electrons. The Morgan fingerprint density at radius 3 is 2.41 bits per heavy atom. The van der Waals surface area contributed by atoms with Gasteiger partial charge in [0.1, 0.15) is 11.6 Å². The van der Waals surface area contributed by atoms with Crippen LogP contribution in [0, 0.1) is 5.82 Å². The smallest absolute Gasteiger partial charge is 0.394 e. The van der Waals surface area contributed by atoms with Crippen molar-refractivity contribution in [3.05, 3.63) is 47.4 Å². The van der Waals surface area contributed by atoms with Gasteiger partial charge in [0.15, 0.2) is 5.69 Å². The van der Waals surface area contributed by atoms with Gasteiger partial charge in [-0.2, -0.15) is 23.3 Å². The molecule has 0 aliphatic rings. The number of aromatic amines is 1. The number of aromatic nitrogens is 2. The van der Waals surface area contributed by atoms with Crippen molar-refractivity contribution < 1.29 is 27.5 Å². The van der Waals surface area contributed by atoms with Gasteiger partial charge < -0.3 is 15.7 Å². The van der Waals surface area contributed by atoms with Crippen LogP contribution in [0.4, 0.5) is 23.4 Å². The Labute approximate surface area is 151 Å². The van der Waals surface area contributed by atoms with Gasteiger partial charge in [0.2, 0.25) is 5.96 Å². The van der Waals surface area contributed by atoms with Crippen molar-refractivity contribution in [2.75, 3.05) is 11.9 Å². The van der Waals surface area contributed by atoms with Crippen LogP contribution in [0.25, 0.3) is 0 Å². The molecule has 0 unspecified atom stereocenters. The summed E-state index contributed by atoms with van der Waals surface area (Å²) in [4.78, 5) is 16.0. The lowest BCUT2D eigenvalue weighted by atomic mass is 10.1. The maximum absolute atomic E-state index is 13.0. The van der Waals surface area contributed by atoms with Crippen LogP contribution in [0.5, 0.6) is 0 Å². The van der Waals surface area contributed by atoms with Crippen LogP contribution in [0.2, 0.25) is 0 Å². The number of H-pyrrole nitrogens is 1. The number of halogens is 4. The largest absolute Gasteiger partial charge is 0.435 e. The quantitative estimate of drug-likeness (QED) is 0.367. The second-order valence-electron chi connectivity index (χ2n) is 6.23. The first kappa shape index (κ1) is 20.4. The number of anilines is 1. The Bertz CT molecular complexity index is 828. The third-order valence-electron chi connectivity index (χ3n) is 3.28. The molecule has 11 heteroatoms. The van der Waals surface area contributed by atoms with Crippen molar-refractivity contribution in [2.45, 2.75) is 25.6 Å². The number of aliphatic hydroxyl groups is 1. The van der Waals surface area contributed by atoms with Crippen LogP contribution in [-0.4, -0.2) is 39.3 Å². The highest BCUT2D eigenvalue weighted by molar-refractivity contribution is 6.06. The second-order valence-corrected chi connectivity index (χ2v) is 6.23. The molecule has 0 aliphatic carbocycles. The molecule has 0 aliphatic heterocycles. The minimum absolute atomic E-state index is 0.0693. The summed E-state index contributed by atoms with van der Waals surface area (Å²) in [6.07, 6.45) is -4.64. The molecule has 4 N–H and O–H groups in total. The highest BCUT2D eigenvalue weighted by Crippen LogP contribution is 2.28. The number of carbonyl (C=O) groups is 1. The first-order chi connectivity index (χ1) is 12.5. The van der Waals surface area contributed by atoms with E-state index in [9.17, 15) is 27.5 Å². The summed E-state index contributed by atoms with van der Waals surface area (Å²) in [5.74, 6) is -1.70.